The Balaban J connectivity index is 1.56. The molecule has 4 rings (SSSR count). The highest BCUT2D eigenvalue weighted by Crippen LogP contribution is 2.42. The van der Waals surface area contributed by atoms with Crippen LogP contribution < -0.4 is 5.32 Å². The molecule has 1 aliphatic rings. The number of aromatic nitrogens is 2. The zero-order valence-electron chi connectivity index (χ0n) is 13.0. The zero-order valence-corrected chi connectivity index (χ0v) is 13.8. The molecule has 1 aromatic heterocycles. The molecule has 0 bridgehead atoms. The Hall–Kier alpha value is -3.12. The molecule has 25 heavy (non-hydrogen) atoms. The average molecular weight is 347 g/mol. The number of carboxylic acid groups (broad SMARTS) is 1. The van der Waals surface area contributed by atoms with E-state index in [2.05, 4.69) is 27.4 Å². The summed E-state index contributed by atoms with van der Waals surface area (Å²) in [6, 6.07) is 12.9. The summed E-state index contributed by atoms with van der Waals surface area (Å²) in [6.07, 6.45) is 7.30. The first-order valence-corrected chi connectivity index (χ1v) is 8.42. The Morgan fingerprint density at radius 2 is 1.72 bits per heavy atom. The van der Waals surface area contributed by atoms with Gasteiger partial charge in [0.15, 0.2) is 5.82 Å². The monoisotopic (exact) mass is 347 g/mol. The van der Waals surface area contributed by atoms with Crippen LogP contribution in [-0.4, -0.2) is 21.0 Å². The molecule has 2 aromatic carbocycles. The molecule has 0 saturated heterocycles. The molecule has 2 heterocycles. The summed E-state index contributed by atoms with van der Waals surface area (Å²) in [4.78, 5) is 20.6. The highest BCUT2D eigenvalue weighted by atomic mass is 32.2. The number of benzene rings is 2. The van der Waals surface area contributed by atoms with Crippen LogP contribution in [0.4, 0.5) is 11.5 Å². The summed E-state index contributed by atoms with van der Waals surface area (Å²) in [6.45, 7) is 0. The first kappa shape index (κ1) is 15.4. The molecule has 0 saturated carbocycles. The first-order valence-electron chi connectivity index (χ1n) is 7.60. The molecule has 6 heteroatoms. The Kier molecular flexibility index (Phi) is 3.95. The van der Waals surface area contributed by atoms with Gasteiger partial charge >= 0.3 is 5.97 Å². The minimum Gasteiger partial charge on any atom is -0.478 e. The second-order valence-corrected chi connectivity index (χ2v) is 6.48. The Morgan fingerprint density at radius 1 is 1.00 bits per heavy atom. The summed E-state index contributed by atoms with van der Waals surface area (Å²) in [5, 5.41) is 13.1. The molecule has 0 amide bonds. The van der Waals surface area contributed by atoms with Crippen LogP contribution in [-0.2, 0) is 0 Å². The number of aromatic carboxylic acids is 1. The maximum atomic E-state index is 10.9. The Morgan fingerprint density at radius 3 is 2.52 bits per heavy atom. The Bertz CT molecular complexity index is 984. The summed E-state index contributed by atoms with van der Waals surface area (Å²) < 4.78 is 0. The van der Waals surface area contributed by atoms with Crippen LogP contribution in [0.25, 0.3) is 12.2 Å². The quantitative estimate of drug-likeness (QED) is 0.530. The van der Waals surface area contributed by atoms with Gasteiger partial charge in [-0.1, -0.05) is 42.1 Å². The minimum absolute atomic E-state index is 0.284. The zero-order chi connectivity index (χ0) is 17.2. The van der Waals surface area contributed by atoms with Gasteiger partial charge in [0.05, 0.1) is 11.3 Å². The van der Waals surface area contributed by atoms with Gasteiger partial charge in [-0.2, -0.15) is 0 Å². The van der Waals surface area contributed by atoms with Crippen molar-refractivity contribution >= 4 is 41.4 Å². The number of hydrogen-bond donors (Lipinski definition) is 2. The van der Waals surface area contributed by atoms with Crippen LogP contribution in [0.3, 0.4) is 0 Å². The highest BCUT2D eigenvalue weighted by Gasteiger charge is 2.17. The fourth-order valence-electron chi connectivity index (χ4n) is 2.48. The van der Waals surface area contributed by atoms with Gasteiger partial charge in [0.25, 0.3) is 0 Å². The maximum Gasteiger partial charge on any atom is 0.335 e. The van der Waals surface area contributed by atoms with Gasteiger partial charge in [-0.3, -0.25) is 0 Å². The van der Waals surface area contributed by atoms with Gasteiger partial charge in [-0.15, -0.1) is 0 Å². The lowest BCUT2D eigenvalue weighted by molar-refractivity contribution is 0.0697. The number of carbonyl (C=O) groups is 1. The van der Waals surface area contributed by atoms with Gasteiger partial charge < -0.3 is 10.4 Å². The molecule has 0 atom stereocenters. The summed E-state index contributed by atoms with van der Waals surface area (Å²) >= 11 is 1.59. The predicted molar refractivity (Wildman–Crippen MR) is 98.2 cm³/mol. The van der Waals surface area contributed by atoms with E-state index < -0.39 is 5.97 Å². The lowest BCUT2D eigenvalue weighted by atomic mass is 10.1. The largest absolute Gasteiger partial charge is 0.478 e. The van der Waals surface area contributed by atoms with Crippen LogP contribution in [0, 0.1) is 0 Å². The molecule has 122 valence electrons. The number of nitrogens with zero attached hydrogens (tertiary/aromatic N) is 2. The van der Waals surface area contributed by atoms with Crippen molar-refractivity contribution in [3.63, 3.8) is 0 Å². The maximum absolute atomic E-state index is 10.9. The third-order valence-corrected chi connectivity index (χ3v) is 4.82. The number of hydrogen-bond acceptors (Lipinski definition) is 5. The van der Waals surface area contributed by atoms with Crippen LogP contribution in [0.2, 0.25) is 0 Å². The van der Waals surface area contributed by atoms with Crippen molar-refractivity contribution < 1.29 is 9.90 Å². The average Bonchev–Trinajstić information content (AvgIpc) is 2.65. The lowest BCUT2D eigenvalue weighted by Gasteiger charge is -2.18. The standard InChI is InChI=1S/C19H13N3O2S/c23-19(24)14-6-3-12(4-7-14)1-2-13-5-8-16-15(11-13)22-17-18(25-16)21-10-9-20-17/h1-11H,(H,20,22)(H,23,24). The van der Waals surface area contributed by atoms with E-state index in [1.807, 2.05) is 18.2 Å². The normalized spacial score (nSPS) is 12.3. The molecular formula is C19H13N3O2S. The molecule has 0 aliphatic carbocycles. The lowest BCUT2D eigenvalue weighted by Crippen LogP contribution is -2.03. The van der Waals surface area contributed by atoms with Crippen molar-refractivity contribution in [2.45, 2.75) is 9.92 Å². The number of rotatable bonds is 3. The van der Waals surface area contributed by atoms with Crippen LogP contribution >= 0.6 is 11.8 Å². The summed E-state index contributed by atoms with van der Waals surface area (Å²) in [5.41, 5.74) is 3.27. The molecule has 0 unspecified atom stereocenters. The van der Waals surface area contributed by atoms with Crippen molar-refractivity contribution in [3.05, 3.63) is 71.5 Å². The second kappa shape index (κ2) is 6.41. The molecule has 2 N–H and O–H groups in total. The van der Waals surface area contributed by atoms with Crippen LogP contribution in [0.1, 0.15) is 21.5 Å². The Labute approximate surface area is 148 Å². The molecule has 1 aliphatic heterocycles. The third kappa shape index (κ3) is 3.25. The van der Waals surface area contributed by atoms with Crippen molar-refractivity contribution in [1.29, 1.82) is 0 Å². The van der Waals surface area contributed by atoms with Gasteiger partial charge in [0.1, 0.15) is 5.03 Å². The van der Waals surface area contributed by atoms with E-state index >= 15 is 0 Å². The van der Waals surface area contributed by atoms with Crippen LogP contribution in [0.5, 0.6) is 0 Å². The fraction of sp³-hybridized carbons (Fsp3) is 0. The SMILES string of the molecule is O=C(O)c1ccc(C=Cc2ccc3c(c2)Nc2nccnc2S3)cc1. The predicted octanol–water partition coefficient (Wildman–Crippen LogP) is 4.55. The summed E-state index contributed by atoms with van der Waals surface area (Å²) in [5.74, 6) is -0.150. The topological polar surface area (TPSA) is 75.1 Å². The van der Waals surface area contributed by atoms with Crippen molar-refractivity contribution in [2.75, 3.05) is 5.32 Å². The molecule has 0 fully saturated rings. The fourth-order valence-corrected chi connectivity index (χ4v) is 3.36. The molecule has 5 nitrogen and oxygen atoms in total. The van der Waals surface area contributed by atoms with Gasteiger partial charge in [0, 0.05) is 17.3 Å². The molecule has 3 aromatic rings. The van der Waals surface area contributed by atoms with E-state index in [1.54, 1.807) is 48.4 Å². The highest BCUT2D eigenvalue weighted by molar-refractivity contribution is 7.99. The van der Waals surface area contributed by atoms with E-state index in [-0.39, 0.29) is 5.56 Å². The van der Waals surface area contributed by atoms with E-state index in [0.717, 1.165) is 32.6 Å². The van der Waals surface area contributed by atoms with Gasteiger partial charge in [-0.05, 0) is 35.4 Å². The summed E-state index contributed by atoms with van der Waals surface area (Å²) in [7, 11) is 0. The molecule has 0 spiro atoms. The van der Waals surface area contributed by atoms with E-state index in [4.69, 9.17) is 5.11 Å². The molecule has 0 radical (unpaired) electrons. The van der Waals surface area contributed by atoms with E-state index in [9.17, 15) is 4.79 Å². The smallest absolute Gasteiger partial charge is 0.335 e. The van der Waals surface area contributed by atoms with Gasteiger partial charge in [-0.25, -0.2) is 14.8 Å². The van der Waals surface area contributed by atoms with Crippen molar-refractivity contribution in [3.8, 4) is 0 Å². The van der Waals surface area contributed by atoms with E-state index in [0.29, 0.717) is 0 Å². The number of fused-ring (bicyclic) bond motifs is 2. The van der Waals surface area contributed by atoms with Crippen LogP contribution in [0.15, 0.2) is 64.8 Å². The van der Waals surface area contributed by atoms with Crippen molar-refractivity contribution in [1.82, 2.24) is 9.97 Å². The number of anilines is 2. The third-order valence-electron chi connectivity index (χ3n) is 3.75. The second-order valence-electron chi connectivity index (χ2n) is 5.45. The van der Waals surface area contributed by atoms with E-state index in [1.165, 1.54) is 0 Å². The number of carboxylic acids is 1. The molecular weight excluding hydrogens is 334 g/mol. The van der Waals surface area contributed by atoms with Crippen molar-refractivity contribution in [2.24, 2.45) is 0 Å². The number of nitrogens with one attached hydrogen (secondary N) is 1. The minimum atomic E-state index is -0.919. The first-order chi connectivity index (χ1) is 12.2. The van der Waals surface area contributed by atoms with Gasteiger partial charge in [0.2, 0.25) is 0 Å².